The number of aromatic nitrogens is 1. The van der Waals surface area contributed by atoms with Crippen LogP contribution in [0.25, 0.3) is 0 Å². The van der Waals surface area contributed by atoms with Gasteiger partial charge >= 0.3 is 12.1 Å². The average molecular weight is 286 g/mol. The highest BCUT2D eigenvalue weighted by atomic mass is 16.6. The van der Waals surface area contributed by atoms with E-state index in [1.807, 2.05) is 0 Å². The highest BCUT2D eigenvalue weighted by Crippen LogP contribution is 2.09. The SMILES string of the molecule is Cc1o[nH]c(=O)c1CC(NC(=O)OC(C)(C)C)C(=O)O. The lowest BCUT2D eigenvalue weighted by Crippen LogP contribution is -2.45. The smallest absolute Gasteiger partial charge is 0.408 e. The summed E-state index contributed by atoms with van der Waals surface area (Å²) in [5.74, 6) is -0.983. The van der Waals surface area contributed by atoms with Gasteiger partial charge in [-0.1, -0.05) is 0 Å². The second-order valence-electron chi connectivity index (χ2n) is 5.31. The molecule has 0 aliphatic carbocycles. The Morgan fingerprint density at radius 1 is 1.45 bits per heavy atom. The van der Waals surface area contributed by atoms with Gasteiger partial charge in [-0.15, -0.1) is 0 Å². The highest BCUT2D eigenvalue weighted by molar-refractivity contribution is 5.80. The number of ether oxygens (including phenoxy) is 1. The number of hydrogen-bond acceptors (Lipinski definition) is 5. The zero-order valence-electron chi connectivity index (χ0n) is 11.8. The standard InChI is InChI=1S/C12H18N2O6/c1-6-7(9(15)14-20-6)5-8(10(16)17)13-11(18)19-12(2,3)4/h8H,5H2,1-4H3,(H,13,18)(H,14,15)(H,16,17). The summed E-state index contributed by atoms with van der Waals surface area (Å²) in [7, 11) is 0. The fourth-order valence-corrected chi connectivity index (χ4v) is 1.50. The van der Waals surface area contributed by atoms with E-state index in [2.05, 4.69) is 10.5 Å². The number of amides is 1. The second-order valence-corrected chi connectivity index (χ2v) is 5.31. The molecule has 1 heterocycles. The Morgan fingerprint density at radius 3 is 2.45 bits per heavy atom. The number of H-pyrrole nitrogens is 1. The van der Waals surface area contributed by atoms with Gasteiger partial charge in [-0.25, -0.2) is 9.59 Å². The largest absolute Gasteiger partial charge is 0.480 e. The Labute approximate surface area is 115 Å². The molecule has 0 saturated heterocycles. The molecule has 1 amide bonds. The van der Waals surface area contributed by atoms with E-state index in [0.29, 0.717) is 0 Å². The molecule has 3 N–H and O–H groups in total. The van der Waals surface area contributed by atoms with Gasteiger partial charge in [0.25, 0.3) is 5.56 Å². The maximum atomic E-state index is 11.6. The topological polar surface area (TPSA) is 122 Å². The Kier molecular flexibility index (Phi) is 4.59. The molecule has 0 saturated carbocycles. The van der Waals surface area contributed by atoms with Crippen molar-refractivity contribution in [1.29, 1.82) is 0 Å². The molecule has 0 fully saturated rings. The molecule has 1 atom stereocenters. The molecule has 1 aromatic heterocycles. The van der Waals surface area contributed by atoms with Crippen molar-refractivity contribution in [2.75, 3.05) is 0 Å². The summed E-state index contributed by atoms with van der Waals surface area (Å²) in [6.07, 6.45) is -1.05. The average Bonchev–Trinajstić information content (AvgIpc) is 2.56. The molecule has 0 radical (unpaired) electrons. The first-order chi connectivity index (χ1) is 9.10. The van der Waals surface area contributed by atoms with E-state index >= 15 is 0 Å². The number of nitrogens with one attached hydrogen (secondary N) is 2. The molecule has 0 aliphatic rings. The van der Waals surface area contributed by atoms with Gasteiger partial charge in [-0.3, -0.25) is 4.79 Å². The van der Waals surface area contributed by atoms with E-state index in [-0.39, 0.29) is 17.7 Å². The number of carboxylic acid groups (broad SMARTS) is 1. The molecule has 8 nitrogen and oxygen atoms in total. The lowest BCUT2D eigenvalue weighted by molar-refractivity contribution is -0.139. The normalized spacial score (nSPS) is 12.8. The first-order valence-electron chi connectivity index (χ1n) is 5.99. The van der Waals surface area contributed by atoms with E-state index in [4.69, 9.17) is 14.4 Å². The van der Waals surface area contributed by atoms with Gasteiger partial charge in [0.15, 0.2) is 0 Å². The van der Waals surface area contributed by atoms with Crippen molar-refractivity contribution in [2.45, 2.75) is 45.8 Å². The first-order valence-corrected chi connectivity index (χ1v) is 5.99. The number of aryl methyl sites for hydroxylation is 1. The summed E-state index contributed by atoms with van der Waals surface area (Å²) in [6.45, 7) is 6.51. The summed E-state index contributed by atoms with van der Waals surface area (Å²) >= 11 is 0. The quantitative estimate of drug-likeness (QED) is 0.752. The van der Waals surface area contributed by atoms with Crippen LogP contribution in [0.1, 0.15) is 32.1 Å². The second kappa shape index (κ2) is 5.81. The number of aromatic amines is 1. The van der Waals surface area contributed by atoms with Crippen LogP contribution in [0.2, 0.25) is 0 Å². The third kappa shape index (κ3) is 4.45. The molecule has 1 unspecified atom stereocenters. The van der Waals surface area contributed by atoms with Gasteiger partial charge in [0.2, 0.25) is 0 Å². The van der Waals surface area contributed by atoms with Crippen molar-refractivity contribution in [1.82, 2.24) is 10.5 Å². The lowest BCUT2D eigenvalue weighted by atomic mass is 10.1. The monoisotopic (exact) mass is 286 g/mol. The van der Waals surface area contributed by atoms with Crippen LogP contribution in [0.15, 0.2) is 9.32 Å². The van der Waals surface area contributed by atoms with E-state index < -0.39 is 29.3 Å². The minimum atomic E-state index is -1.28. The summed E-state index contributed by atoms with van der Waals surface area (Å²) in [6, 6.07) is -1.28. The van der Waals surface area contributed by atoms with Crippen LogP contribution in [0.4, 0.5) is 4.79 Å². The van der Waals surface area contributed by atoms with Crippen LogP contribution in [0, 0.1) is 6.92 Å². The molecule has 8 heteroatoms. The third-order valence-corrected chi connectivity index (χ3v) is 2.39. The van der Waals surface area contributed by atoms with E-state index in [1.165, 1.54) is 6.92 Å². The molecular formula is C12H18N2O6. The number of hydrogen-bond donors (Lipinski definition) is 3. The van der Waals surface area contributed by atoms with Crippen LogP contribution in [-0.4, -0.2) is 34.0 Å². The lowest BCUT2D eigenvalue weighted by Gasteiger charge is -2.21. The minimum Gasteiger partial charge on any atom is -0.480 e. The Morgan fingerprint density at radius 2 is 2.05 bits per heavy atom. The fourth-order valence-electron chi connectivity index (χ4n) is 1.50. The van der Waals surface area contributed by atoms with Gasteiger partial charge in [-0.05, 0) is 27.7 Å². The number of rotatable bonds is 4. The highest BCUT2D eigenvalue weighted by Gasteiger charge is 2.26. The Hall–Kier alpha value is -2.25. The van der Waals surface area contributed by atoms with Crippen molar-refractivity contribution in [3.05, 3.63) is 21.7 Å². The summed E-state index contributed by atoms with van der Waals surface area (Å²) < 4.78 is 9.76. The van der Waals surface area contributed by atoms with Crippen molar-refractivity contribution in [3.8, 4) is 0 Å². The molecule has 20 heavy (non-hydrogen) atoms. The number of carbonyl (C=O) groups is 2. The molecule has 0 bridgehead atoms. The molecule has 112 valence electrons. The number of aliphatic carboxylic acids is 1. The summed E-state index contributed by atoms with van der Waals surface area (Å²) in [5, 5.41) is 13.4. The van der Waals surface area contributed by atoms with Crippen LogP contribution >= 0.6 is 0 Å². The van der Waals surface area contributed by atoms with Crippen LogP contribution < -0.4 is 10.9 Å². The van der Waals surface area contributed by atoms with Crippen molar-refractivity contribution in [2.24, 2.45) is 0 Å². The van der Waals surface area contributed by atoms with E-state index in [9.17, 15) is 14.4 Å². The third-order valence-electron chi connectivity index (χ3n) is 2.39. The van der Waals surface area contributed by atoms with Gasteiger partial charge < -0.3 is 19.7 Å². The summed E-state index contributed by atoms with van der Waals surface area (Å²) in [5.41, 5.74) is -1.08. The van der Waals surface area contributed by atoms with Gasteiger partial charge in [0.1, 0.15) is 17.4 Å². The van der Waals surface area contributed by atoms with Crippen molar-refractivity contribution < 1.29 is 24.0 Å². The number of carbonyl (C=O) groups excluding carboxylic acids is 1. The van der Waals surface area contributed by atoms with Gasteiger partial charge in [0, 0.05) is 6.42 Å². The van der Waals surface area contributed by atoms with Gasteiger partial charge in [0.05, 0.1) is 5.56 Å². The Balaban J connectivity index is 2.79. The number of alkyl carbamates (subject to hydrolysis) is 1. The van der Waals surface area contributed by atoms with Crippen molar-refractivity contribution >= 4 is 12.1 Å². The zero-order valence-corrected chi connectivity index (χ0v) is 11.8. The zero-order chi connectivity index (χ0) is 15.5. The van der Waals surface area contributed by atoms with Crippen LogP contribution in [0.3, 0.4) is 0 Å². The molecule has 1 rings (SSSR count). The maximum Gasteiger partial charge on any atom is 0.408 e. The van der Waals surface area contributed by atoms with E-state index in [0.717, 1.165) is 0 Å². The van der Waals surface area contributed by atoms with Crippen molar-refractivity contribution in [3.63, 3.8) is 0 Å². The maximum absolute atomic E-state index is 11.6. The van der Waals surface area contributed by atoms with Crippen LogP contribution in [-0.2, 0) is 16.0 Å². The molecule has 1 aromatic rings. The van der Waals surface area contributed by atoms with Gasteiger partial charge in [-0.2, -0.15) is 5.16 Å². The molecular weight excluding hydrogens is 268 g/mol. The van der Waals surface area contributed by atoms with E-state index in [1.54, 1.807) is 20.8 Å². The fraction of sp³-hybridized carbons (Fsp3) is 0.583. The van der Waals surface area contributed by atoms with Crippen LogP contribution in [0.5, 0.6) is 0 Å². The summed E-state index contributed by atoms with van der Waals surface area (Å²) in [4.78, 5) is 34.1. The predicted octanol–water partition coefficient (Wildman–Crippen LogP) is 0.797. The molecule has 0 aliphatic heterocycles. The Bertz CT molecular complexity index is 551. The number of carboxylic acids is 1. The first kappa shape index (κ1) is 15.8. The molecule has 0 aromatic carbocycles. The minimum absolute atomic E-state index is 0.174. The predicted molar refractivity (Wildman–Crippen MR) is 68.6 cm³/mol. The molecule has 0 spiro atoms.